The van der Waals surface area contributed by atoms with Gasteiger partial charge in [-0.2, -0.15) is 0 Å². The standard InChI is InChI=1S/C20H22O3/c21-20(22)18-12-11-17(16-9-5-2-6-10-16)13-19(18)23-14-15-7-3-1-4-8-15/h2,5-6,9-13,15H,1,3-4,7-8,14H2,(H,21,22). The Balaban J connectivity index is 1.81. The summed E-state index contributed by atoms with van der Waals surface area (Å²) in [6.45, 7) is 0.610. The van der Waals surface area contributed by atoms with Gasteiger partial charge in [0.2, 0.25) is 0 Å². The number of rotatable bonds is 5. The molecule has 1 aliphatic rings. The molecule has 0 bridgehead atoms. The van der Waals surface area contributed by atoms with E-state index in [0.717, 1.165) is 11.1 Å². The normalized spacial score (nSPS) is 15.3. The Morgan fingerprint density at radius 2 is 1.74 bits per heavy atom. The van der Waals surface area contributed by atoms with Crippen LogP contribution in [0.25, 0.3) is 11.1 Å². The van der Waals surface area contributed by atoms with Gasteiger partial charge in [-0.3, -0.25) is 0 Å². The molecule has 1 aliphatic carbocycles. The first-order valence-electron chi connectivity index (χ1n) is 8.29. The Hall–Kier alpha value is -2.29. The molecule has 3 heteroatoms. The number of hydrogen-bond acceptors (Lipinski definition) is 2. The van der Waals surface area contributed by atoms with Crippen molar-refractivity contribution in [2.75, 3.05) is 6.61 Å². The highest BCUT2D eigenvalue weighted by Crippen LogP contribution is 2.29. The fourth-order valence-electron chi connectivity index (χ4n) is 3.19. The lowest BCUT2D eigenvalue weighted by atomic mass is 9.90. The van der Waals surface area contributed by atoms with E-state index in [2.05, 4.69) is 0 Å². The maximum atomic E-state index is 11.4. The van der Waals surface area contributed by atoms with E-state index in [9.17, 15) is 9.90 Å². The highest BCUT2D eigenvalue weighted by Gasteiger charge is 2.17. The highest BCUT2D eigenvalue weighted by molar-refractivity contribution is 5.92. The first-order valence-corrected chi connectivity index (χ1v) is 8.29. The number of aromatic carboxylic acids is 1. The van der Waals surface area contributed by atoms with Gasteiger partial charge in [-0.05, 0) is 42.0 Å². The molecule has 0 amide bonds. The number of carbonyl (C=O) groups is 1. The quantitative estimate of drug-likeness (QED) is 0.844. The average molecular weight is 310 g/mol. The Bertz CT molecular complexity index is 658. The van der Waals surface area contributed by atoms with Gasteiger partial charge < -0.3 is 9.84 Å². The Morgan fingerprint density at radius 3 is 2.43 bits per heavy atom. The summed E-state index contributed by atoms with van der Waals surface area (Å²) in [5.41, 5.74) is 2.28. The molecule has 0 aliphatic heterocycles. The van der Waals surface area contributed by atoms with Crippen LogP contribution in [0, 0.1) is 5.92 Å². The first-order chi connectivity index (χ1) is 11.2. The molecular formula is C20H22O3. The van der Waals surface area contributed by atoms with Gasteiger partial charge in [0.05, 0.1) is 6.61 Å². The SMILES string of the molecule is O=C(O)c1ccc(-c2ccccc2)cc1OCC1CCCCC1. The van der Waals surface area contributed by atoms with Crippen molar-refractivity contribution < 1.29 is 14.6 Å². The molecule has 1 fully saturated rings. The zero-order valence-electron chi connectivity index (χ0n) is 13.2. The van der Waals surface area contributed by atoms with Crippen molar-refractivity contribution in [1.29, 1.82) is 0 Å². The van der Waals surface area contributed by atoms with Crippen LogP contribution in [0.2, 0.25) is 0 Å². The minimum atomic E-state index is -0.941. The summed E-state index contributed by atoms with van der Waals surface area (Å²) in [6, 6.07) is 15.3. The summed E-state index contributed by atoms with van der Waals surface area (Å²) < 4.78 is 5.92. The van der Waals surface area contributed by atoms with Gasteiger partial charge in [-0.15, -0.1) is 0 Å². The van der Waals surface area contributed by atoms with Crippen molar-refractivity contribution in [1.82, 2.24) is 0 Å². The zero-order valence-corrected chi connectivity index (χ0v) is 13.2. The van der Waals surface area contributed by atoms with E-state index in [1.807, 2.05) is 42.5 Å². The Kier molecular flexibility index (Phi) is 4.96. The number of carboxylic acid groups (broad SMARTS) is 1. The predicted molar refractivity (Wildman–Crippen MR) is 90.9 cm³/mol. The molecule has 0 heterocycles. The first kappa shape index (κ1) is 15.6. The molecule has 1 saturated carbocycles. The van der Waals surface area contributed by atoms with Crippen LogP contribution in [-0.4, -0.2) is 17.7 Å². The van der Waals surface area contributed by atoms with Gasteiger partial charge in [-0.1, -0.05) is 55.7 Å². The molecular weight excluding hydrogens is 288 g/mol. The maximum Gasteiger partial charge on any atom is 0.339 e. The van der Waals surface area contributed by atoms with Gasteiger partial charge in [0.15, 0.2) is 0 Å². The molecule has 2 aromatic carbocycles. The largest absolute Gasteiger partial charge is 0.492 e. The molecule has 0 radical (unpaired) electrons. The molecule has 0 saturated heterocycles. The second-order valence-corrected chi connectivity index (χ2v) is 6.20. The summed E-state index contributed by atoms with van der Waals surface area (Å²) in [6.07, 6.45) is 6.18. The number of ether oxygens (including phenoxy) is 1. The smallest absolute Gasteiger partial charge is 0.339 e. The van der Waals surface area contributed by atoms with Crippen LogP contribution in [-0.2, 0) is 0 Å². The molecule has 3 rings (SSSR count). The van der Waals surface area contributed by atoms with Crippen LogP contribution >= 0.6 is 0 Å². The minimum absolute atomic E-state index is 0.237. The summed E-state index contributed by atoms with van der Waals surface area (Å²) in [5, 5.41) is 9.38. The molecule has 120 valence electrons. The van der Waals surface area contributed by atoms with Crippen LogP contribution in [0.1, 0.15) is 42.5 Å². The van der Waals surface area contributed by atoms with Crippen molar-refractivity contribution >= 4 is 5.97 Å². The van der Waals surface area contributed by atoms with Gasteiger partial charge in [0.1, 0.15) is 11.3 Å². The van der Waals surface area contributed by atoms with Crippen LogP contribution < -0.4 is 4.74 Å². The van der Waals surface area contributed by atoms with E-state index in [-0.39, 0.29) is 5.56 Å². The zero-order chi connectivity index (χ0) is 16.1. The van der Waals surface area contributed by atoms with Gasteiger partial charge in [0.25, 0.3) is 0 Å². The lowest BCUT2D eigenvalue weighted by molar-refractivity contribution is 0.0690. The summed E-state index contributed by atoms with van der Waals surface area (Å²) in [5.74, 6) is 0.0819. The predicted octanol–water partition coefficient (Wildman–Crippen LogP) is 5.01. The lowest BCUT2D eigenvalue weighted by Crippen LogP contribution is -2.16. The summed E-state index contributed by atoms with van der Waals surface area (Å²) in [4.78, 5) is 11.4. The van der Waals surface area contributed by atoms with Gasteiger partial charge in [-0.25, -0.2) is 4.79 Å². The lowest BCUT2D eigenvalue weighted by Gasteiger charge is -2.22. The van der Waals surface area contributed by atoms with Gasteiger partial charge >= 0.3 is 5.97 Å². The minimum Gasteiger partial charge on any atom is -0.492 e. The number of benzene rings is 2. The maximum absolute atomic E-state index is 11.4. The third kappa shape index (κ3) is 3.92. The van der Waals surface area contributed by atoms with Crippen LogP contribution in [0.5, 0.6) is 5.75 Å². The van der Waals surface area contributed by atoms with E-state index < -0.39 is 5.97 Å². The molecule has 0 aromatic heterocycles. The molecule has 0 atom stereocenters. The molecule has 0 unspecified atom stereocenters. The van der Waals surface area contributed by atoms with E-state index in [1.54, 1.807) is 6.07 Å². The van der Waals surface area contributed by atoms with Crippen molar-refractivity contribution in [3.8, 4) is 16.9 Å². The molecule has 3 nitrogen and oxygen atoms in total. The monoisotopic (exact) mass is 310 g/mol. The molecule has 1 N–H and O–H groups in total. The Labute approximate surface area is 136 Å². The van der Waals surface area contributed by atoms with Gasteiger partial charge in [0, 0.05) is 0 Å². The van der Waals surface area contributed by atoms with E-state index in [1.165, 1.54) is 32.1 Å². The van der Waals surface area contributed by atoms with E-state index in [4.69, 9.17) is 4.74 Å². The molecule has 23 heavy (non-hydrogen) atoms. The fraction of sp³-hybridized carbons (Fsp3) is 0.350. The molecule has 2 aromatic rings. The second kappa shape index (κ2) is 7.32. The fourth-order valence-corrected chi connectivity index (χ4v) is 3.19. The van der Waals surface area contributed by atoms with Crippen molar-refractivity contribution in [2.45, 2.75) is 32.1 Å². The topological polar surface area (TPSA) is 46.5 Å². The number of carboxylic acids is 1. The summed E-state index contributed by atoms with van der Waals surface area (Å²) in [7, 11) is 0. The summed E-state index contributed by atoms with van der Waals surface area (Å²) >= 11 is 0. The molecule has 0 spiro atoms. The highest BCUT2D eigenvalue weighted by atomic mass is 16.5. The average Bonchev–Trinajstić information content (AvgIpc) is 2.61. The third-order valence-electron chi connectivity index (χ3n) is 4.52. The van der Waals surface area contributed by atoms with E-state index in [0.29, 0.717) is 18.3 Å². The van der Waals surface area contributed by atoms with Crippen LogP contribution in [0.4, 0.5) is 0 Å². The number of hydrogen-bond donors (Lipinski definition) is 1. The van der Waals surface area contributed by atoms with Crippen LogP contribution in [0.15, 0.2) is 48.5 Å². The second-order valence-electron chi connectivity index (χ2n) is 6.20. The van der Waals surface area contributed by atoms with Crippen molar-refractivity contribution in [3.05, 3.63) is 54.1 Å². The van der Waals surface area contributed by atoms with E-state index >= 15 is 0 Å². The van der Waals surface area contributed by atoms with Crippen molar-refractivity contribution in [2.24, 2.45) is 5.92 Å². The van der Waals surface area contributed by atoms with Crippen LogP contribution in [0.3, 0.4) is 0 Å². The third-order valence-corrected chi connectivity index (χ3v) is 4.52. The van der Waals surface area contributed by atoms with Crippen molar-refractivity contribution in [3.63, 3.8) is 0 Å². The Morgan fingerprint density at radius 1 is 1.00 bits per heavy atom.